The van der Waals surface area contributed by atoms with Crippen LogP contribution >= 0.6 is 0 Å². The molecule has 2 N–H and O–H groups in total. The molecule has 9 heteroatoms. The largest absolute Gasteiger partial charge is 0.493 e. The molecule has 1 aliphatic carbocycles. The van der Waals surface area contributed by atoms with Crippen molar-refractivity contribution in [1.82, 2.24) is 14.9 Å². The fraction of sp³-hybridized carbons (Fsp3) is 0.481. The highest BCUT2D eigenvalue weighted by Crippen LogP contribution is 2.47. The third-order valence-corrected chi connectivity index (χ3v) is 7.44. The van der Waals surface area contributed by atoms with Crippen LogP contribution in [0.2, 0.25) is 0 Å². The quantitative estimate of drug-likeness (QED) is 0.444. The smallest absolute Gasteiger partial charge is 0.295 e. The summed E-state index contributed by atoms with van der Waals surface area (Å²) >= 11 is 0. The fourth-order valence-electron chi connectivity index (χ4n) is 5.19. The lowest BCUT2D eigenvalue weighted by Gasteiger charge is -2.24. The van der Waals surface area contributed by atoms with Crippen LogP contribution in [0.4, 0.5) is 14.6 Å². The number of likely N-dealkylation sites (N-methyl/N-ethyl adjacent to an activating group) is 1. The van der Waals surface area contributed by atoms with Crippen LogP contribution in [0.1, 0.15) is 42.8 Å². The molecule has 1 aliphatic heterocycles. The summed E-state index contributed by atoms with van der Waals surface area (Å²) in [5.41, 5.74) is 1.12. The molecule has 2 aromatic carbocycles. The standard InChI is InChI=1S/C27H32F2N4O3/c1-15(17-6-5-7-19(8-17)27(28,29)14-34)30-26-21-11-25(24(35-4)12-22(21)31-16(2)32-26)36-13-20-9-18-10-23(18)33(20)3/h5-8,11-12,15,18,20,23,34H,9-10,13-14H2,1-4H3,(H,30,31,32)/t15-,18?,20+,23?/m1/s1. The topological polar surface area (TPSA) is 79.7 Å². The second kappa shape index (κ2) is 9.44. The number of aromatic nitrogens is 2. The van der Waals surface area contributed by atoms with Gasteiger partial charge in [0.05, 0.1) is 12.6 Å². The third-order valence-electron chi connectivity index (χ3n) is 7.44. The number of anilines is 1. The third kappa shape index (κ3) is 4.69. The molecule has 2 fully saturated rings. The highest BCUT2D eigenvalue weighted by molar-refractivity contribution is 5.92. The molecule has 1 aromatic heterocycles. The minimum Gasteiger partial charge on any atom is -0.493 e. The number of aliphatic hydroxyl groups excluding tert-OH is 1. The molecule has 192 valence electrons. The first-order valence-electron chi connectivity index (χ1n) is 12.3. The molecule has 0 radical (unpaired) electrons. The van der Waals surface area contributed by atoms with Crippen LogP contribution in [0, 0.1) is 12.8 Å². The zero-order valence-electron chi connectivity index (χ0n) is 21.0. The molecule has 0 amide bonds. The van der Waals surface area contributed by atoms with E-state index < -0.39 is 12.5 Å². The van der Waals surface area contributed by atoms with Gasteiger partial charge in [-0.15, -0.1) is 0 Å². The number of aryl methyl sites for hydroxylation is 1. The average molecular weight is 499 g/mol. The summed E-state index contributed by atoms with van der Waals surface area (Å²) in [7, 11) is 3.77. The Balaban J connectivity index is 1.42. The lowest BCUT2D eigenvalue weighted by atomic mass is 10.0. The molecule has 2 aliphatic rings. The number of alkyl halides is 2. The van der Waals surface area contributed by atoms with Crippen molar-refractivity contribution in [1.29, 1.82) is 0 Å². The van der Waals surface area contributed by atoms with Crippen LogP contribution in [0.3, 0.4) is 0 Å². The number of fused-ring (bicyclic) bond motifs is 2. The maximum Gasteiger partial charge on any atom is 0.295 e. The van der Waals surface area contributed by atoms with Crippen molar-refractivity contribution in [3.05, 3.63) is 53.3 Å². The molecule has 7 nitrogen and oxygen atoms in total. The van der Waals surface area contributed by atoms with Crippen LogP contribution in [0.15, 0.2) is 36.4 Å². The number of ether oxygens (including phenoxy) is 2. The Morgan fingerprint density at radius 3 is 2.69 bits per heavy atom. The van der Waals surface area contributed by atoms with Gasteiger partial charge in [0.25, 0.3) is 5.92 Å². The predicted molar refractivity (Wildman–Crippen MR) is 134 cm³/mol. The lowest BCUT2D eigenvalue weighted by Crippen LogP contribution is -2.33. The minimum atomic E-state index is -3.30. The molecular formula is C27H32F2N4O3. The van der Waals surface area contributed by atoms with Crippen molar-refractivity contribution in [3.63, 3.8) is 0 Å². The molecule has 2 unspecified atom stereocenters. The van der Waals surface area contributed by atoms with E-state index in [4.69, 9.17) is 14.6 Å². The Kier molecular flexibility index (Phi) is 6.46. The number of likely N-dealkylation sites (tertiary alicyclic amines) is 1. The van der Waals surface area contributed by atoms with Crippen LogP contribution in [0.25, 0.3) is 10.9 Å². The van der Waals surface area contributed by atoms with Gasteiger partial charge in [0.1, 0.15) is 24.9 Å². The Morgan fingerprint density at radius 1 is 1.19 bits per heavy atom. The van der Waals surface area contributed by atoms with E-state index in [9.17, 15) is 8.78 Å². The molecule has 4 atom stereocenters. The number of hydrogen-bond donors (Lipinski definition) is 2. The summed E-state index contributed by atoms with van der Waals surface area (Å²) in [4.78, 5) is 11.6. The number of nitrogens with one attached hydrogen (secondary N) is 1. The molecule has 5 rings (SSSR count). The van der Waals surface area contributed by atoms with Gasteiger partial charge in [-0.1, -0.05) is 18.2 Å². The maximum absolute atomic E-state index is 14.0. The highest BCUT2D eigenvalue weighted by atomic mass is 19.3. The van der Waals surface area contributed by atoms with Crippen LogP contribution < -0.4 is 14.8 Å². The van der Waals surface area contributed by atoms with Crippen LogP contribution in [-0.4, -0.2) is 59.4 Å². The Labute approximate surface area is 209 Å². The highest BCUT2D eigenvalue weighted by Gasteiger charge is 2.50. The molecule has 36 heavy (non-hydrogen) atoms. The van der Waals surface area contributed by atoms with Crippen molar-refractivity contribution in [2.24, 2.45) is 5.92 Å². The van der Waals surface area contributed by atoms with Gasteiger partial charge in [-0.25, -0.2) is 9.97 Å². The summed E-state index contributed by atoms with van der Waals surface area (Å²) < 4.78 is 39.9. The summed E-state index contributed by atoms with van der Waals surface area (Å²) in [6.07, 6.45) is 2.44. The van der Waals surface area contributed by atoms with E-state index in [2.05, 4.69) is 27.2 Å². The monoisotopic (exact) mass is 498 g/mol. The van der Waals surface area contributed by atoms with E-state index in [0.29, 0.717) is 52.9 Å². The molecule has 3 aromatic rings. The molecule has 1 saturated carbocycles. The molecule has 2 heterocycles. The van der Waals surface area contributed by atoms with E-state index >= 15 is 0 Å². The Bertz CT molecular complexity index is 1270. The van der Waals surface area contributed by atoms with Gasteiger partial charge in [0.2, 0.25) is 0 Å². The van der Waals surface area contributed by atoms with Gasteiger partial charge < -0.3 is 19.9 Å². The molecular weight excluding hydrogens is 466 g/mol. The first kappa shape index (κ1) is 24.6. The van der Waals surface area contributed by atoms with Gasteiger partial charge in [-0.3, -0.25) is 4.90 Å². The SMILES string of the molecule is COc1cc2nc(C)nc(N[C@H](C)c3cccc(C(F)(F)CO)c3)c2cc1OC[C@@H]1CC2CC2N1C. The van der Waals surface area contributed by atoms with Gasteiger partial charge in [-0.2, -0.15) is 8.78 Å². The van der Waals surface area contributed by atoms with Crippen molar-refractivity contribution in [2.75, 3.05) is 32.7 Å². The summed E-state index contributed by atoms with van der Waals surface area (Å²) in [5, 5.41) is 13.2. The molecule has 0 bridgehead atoms. The number of rotatable bonds is 9. The lowest BCUT2D eigenvalue weighted by molar-refractivity contribution is -0.0556. The van der Waals surface area contributed by atoms with Crippen LogP contribution in [-0.2, 0) is 5.92 Å². The zero-order valence-corrected chi connectivity index (χ0v) is 21.0. The number of hydrogen-bond acceptors (Lipinski definition) is 7. The van der Waals surface area contributed by atoms with E-state index in [-0.39, 0.29) is 11.6 Å². The summed E-state index contributed by atoms with van der Waals surface area (Å²) in [6.45, 7) is 3.01. The molecule has 0 spiro atoms. The van der Waals surface area contributed by atoms with Gasteiger partial charge in [0.15, 0.2) is 11.5 Å². The van der Waals surface area contributed by atoms with Crippen molar-refractivity contribution in [3.8, 4) is 11.5 Å². The van der Waals surface area contributed by atoms with Crippen LogP contribution in [0.5, 0.6) is 11.5 Å². The average Bonchev–Trinajstić information content (AvgIpc) is 3.58. The number of methoxy groups -OCH3 is 1. The maximum atomic E-state index is 14.0. The second-order valence-corrected chi connectivity index (χ2v) is 9.92. The van der Waals surface area contributed by atoms with E-state index in [1.807, 2.05) is 19.1 Å². The normalized spacial score (nSPS) is 22.4. The van der Waals surface area contributed by atoms with E-state index in [0.717, 1.165) is 17.7 Å². The number of benzene rings is 2. The first-order valence-corrected chi connectivity index (χ1v) is 12.3. The fourth-order valence-corrected chi connectivity index (χ4v) is 5.19. The van der Waals surface area contributed by atoms with Crippen molar-refractivity contribution < 1.29 is 23.4 Å². The number of halogens is 2. The second-order valence-electron chi connectivity index (χ2n) is 9.92. The molecule has 1 saturated heterocycles. The van der Waals surface area contributed by atoms with Crippen molar-refractivity contribution in [2.45, 2.75) is 50.7 Å². The summed E-state index contributed by atoms with van der Waals surface area (Å²) in [6, 6.07) is 10.5. The van der Waals surface area contributed by atoms with E-state index in [1.165, 1.54) is 18.6 Å². The number of aliphatic hydroxyl groups is 1. The summed E-state index contributed by atoms with van der Waals surface area (Å²) in [5.74, 6) is -0.135. The zero-order chi connectivity index (χ0) is 25.6. The number of piperidine rings is 1. The first-order chi connectivity index (χ1) is 17.2. The van der Waals surface area contributed by atoms with E-state index in [1.54, 1.807) is 26.2 Å². The van der Waals surface area contributed by atoms with Gasteiger partial charge in [-0.05, 0) is 57.4 Å². The number of nitrogens with zero attached hydrogens (tertiary/aromatic N) is 3. The van der Waals surface area contributed by atoms with Crippen molar-refractivity contribution >= 4 is 16.7 Å². The Morgan fingerprint density at radius 2 is 2.00 bits per heavy atom. The minimum absolute atomic E-state index is 0.227. The Hall–Kier alpha value is -3.04. The predicted octanol–water partition coefficient (Wildman–Crippen LogP) is 4.68. The van der Waals surface area contributed by atoms with Gasteiger partial charge in [0, 0.05) is 35.1 Å². The van der Waals surface area contributed by atoms with Gasteiger partial charge >= 0.3 is 0 Å².